The van der Waals surface area contributed by atoms with Gasteiger partial charge in [-0.2, -0.15) is 0 Å². The molecule has 0 heterocycles. The molecule has 0 spiro atoms. The van der Waals surface area contributed by atoms with Crippen LogP contribution in [0.5, 0.6) is 5.75 Å². The van der Waals surface area contributed by atoms with Crippen LogP contribution in [0.25, 0.3) is 0 Å². The zero-order chi connectivity index (χ0) is 14.4. The molecular weight excluding hydrogens is 246 g/mol. The quantitative estimate of drug-likeness (QED) is 0.793. The van der Waals surface area contributed by atoms with Gasteiger partial charge in [0, 0.05) is 17.7 Å². The molecule has 5 heteroatoms. The molecule has 1 aromatic carbocycles. The van der Waals surface area contributed by atoms with E-state index in [9.17, 15) is 9.59 Å². The third-order valence-electron chi connectivity index (χ3n) is 2.84. The van der Waals surface area contributed by atoms with E-state index < -0.39 is 5.97 Å². The highest BCUT2D eigenvalue weighted by atomic mass is 16.5. The fourth-order valence-electron chi connectivity index (χ4n) is 1.39. The van der Waals surface area contributed by atoms with Crippen molar-refractivity contribution in [2.75, 3.05) is 7.11 Å². The summed E-state index contributed by atoms with van der Waals surface area (Å²) in [5.74, 6) is -0.722. The number of benzene rings is 1. The molecule has 1 amide bonds. The number of nitrogens with one attached hydrogen (secondary N) is 1. The second-order valence-corrected chi connectivity index (χ2v) is 4.09. The molecule has 1 aromatic rings. The van der Waals surface area contributed by atoms with Gasteiger partial charge >= 0.3 is 5.97 Å². The number of hydrogen-bond acceptors (Lipinski definition) is 3. The van der Waals surface area contributed by atoms with E-state index in [4.69, 9.17) is 9.84 Å². The third kappa shape index (κ3) is 4.13. The van der Waals surface area contributed by atoms with Crippen molar-refractivity contribution < 1.29 is 19.4 Å². The van der Waals surface area contributed by atoms with Crippen molar-refractivity contribution in [3.8, 4) is 5.75 Å². The first-order chi connectivity index (χ1) is 8.95. The Morgan fingerprint density at radius 2 is 1.74 bits per heavy atom. The van der Waals surface area contributed by atoms with Gasteiger partial charge in [-0.1, -0.05) is 12.1 Å². The smallest absolute Gasteiger partial charge is 0.331 e. The average molecular weight is 263 g/mol. The van der Waals surface area contributed by atoms with Gasteiger partial charge in [0.2, 0.25) is 5.91 Å². The first-order valence-electron chi connectivity index (χ1n) is 5.77. The van der Waals surface area contributed by atoms with Gasteiger partial charge in [0.25, 0.3) is 0 Å². The molecule has 0 fully saturated rings. The average Bonchev–Trinajstić information content (AvgIpc) is 2.43. The van der Waals surface area contributed by atoms with Gasteiger partial charge in [-0.25, -0.2) is 4.79 Å². The molecule has 19 heavy (non-hydrogen) atoms. The van der Waals surface area contributed by atoms with E-state index >= 15 is 0 Å². The number of carbonyl (C=O) groups is 2. The predicted molar refractivity (Wildman–Crippen MR) is 70.9 cm³/mol. The van der Waals surface area contributed by atoms with Crippen LogP contribution in [0.4, 0.5) is 0 Å². The van der Waals surface area contributed by atoms with Crippen LogP contribution >= 0.6 is 0 Å². The Morgan fingerprint density at radius 3 is 2.21 bits per heavy atom. The molecular formula is C14H17NO4. The first-order valence-corrected chi connectivity index (χ1v) is 5.77. The molecule has 0 radical (unpaired) electrons. The Hall–Kier alpha value is -2.30. The van der Waals surface area contributed by atoms with Crippen molar-refractivity contribution in [1.82, 2.24) is 5.32 Å². The van der Waals surface area contributed by atoms with Gasteiger partial charge in [-0.3, -0.25) is 4.79 Å². The number of aliphatic carboxylic acids is 1. The van der Waals surface area contributed by atoms with E-state index in [1.54, 1.807) is 19.2 Å². The molecule has 5 nitrogen and oxygen atoms in total. The van der Waals surface area contributed by atoms with E-state index in [1.165, 1.54) is 13.8 Å². The van der Waals surface area contributed by atoms with Crippen LogP contribution in [0, 0.1) is 0 Å². The number of carboxylic acid groups (broad SMARTS) is 1. The summed E-state index contributed by atoms with van der Waals surface area (Å²) in [7, 11) is 1.58. The number of hydrogen-bond donors (Lipinski definition) is 2. The lowest BCUT2D eigenvalue weighted by Crippen LogP contribution is -2.25. The lowest BCUT2D eigenvalue weighted by atomic mass is 10.1. The molecule has 0 unspecified atom stereocenters. The SMILES string of the molecule is COc1ccc(CNC(=O)C(C)=C(C)C(=O)O)cc1. The maximum atomic E-state index is 11.7. The van der Waals surface area contributed by atoms with Crippen molar-refractivity contribution >= 4 is 11.9 Å². The molecule has 0 aliphatic rings. The molecule has 0 bridgehead atoms. The van der Waals surface area contributed by atoms with Crippen LogP contribution < -0.4 is 10.1 Å². The van der Waals surface area contributed by atoms with Gasteiger partial charge in [0.15, 0.2) is 0 Å². The maximum Gasteiger partial charge on any atom is 0.331 e. The molecule has 0 aliphatic heterocycles. The molecule has 0 atom stereocenters. The Labute approximate surface area is 111 Å². The number of carbonyl (C=O) groups excluding carboxylic acids is 1. The summed E-state index contributed by atoms with van der Waals surface area (Å²) in [6.07, 6.45) is 0. The van der Waals surface area contributed by atoms with Crippen LogP contribution in [0.15, 0.2) is 35.4 Å². The van der Waals surface area contributed by atoms with E-state index in [0.29, 0.717) is 6.54 Å². The van der Waals surface area contributed by atoms with Crippen molar-refractivity contribution in [3.05, 3.63) is 41.0 Å². The highest BCUT2D eigenvalue weighted by molar-refractivity contribution is 6.01. The number of amides is 1. The monoisotopic (exact) mass is 263 g/mol. The van der Waals surface area contributed by atoms with E-state index in [1.807, 2.05) is 12.1 Å². The fraction of sp³-hybridized carbons (Fsp3) is 0.286. The van der Waals surface area contributed by atoms with Crippen molar-refractivity contribution in [2.45, 2.75) is 20.4 Å². The van der Waals surface area contributed by atoms with E-state index in [-0.39, 0.29) is 17.1 Å². The Morgan fingerprint density at radius 1 is 1.16 bits per heavy atom. The lowest BCUT2D eigenvalue weighted by Gasteiger charge is -2.07. The summed E-state index contributed by atoms with van der Waals surface area (Å²) >= 11 is 0. The lowest BCUT2D eigenvalue weighted by molar-refractivity contribution is -0.133. The zero-order valence-corrected chi connectivity index (χ0v) is 11.2. The van der Waals surface area contributed by atoms with Gasteiger partial charge in [-0.15, -0.1) is 0 Å². The molecule has 0 aromatic heterocycles. The summed E-state index contributed by atoms with van der Waals surface area (Å²) in [6, 6.07) is 7.27. The van der Waals surface area contributed by atoms with Gasteiger partial charge < -0.3 is 15.2 Å². The summed E-state index contributed by atoms with van der Waals surface area (Å²) < 4.78 is 5.03. The molecule has 1 rings (SSSR count). The number of ether oxygens (including phenoxy) is 1. The minimum atomic E-state index is -1.09. The van der Waals surface area contributed by atoms with Crippen molar-refractivity contribution in [2.24, 2.45) is 0 Å². The predicted octanol–water partition coefficient (Wildman–Crippen LogP) is 1.73. The second kappa shape index (κ2) is 6.58. The van der Waals surface area contributed by atoms with Gasteiger partial charge in [-0.05, 0) is 31.5 Å². The number of rotatable bonds is 5. The van der Waals surface area contributed by atoms with Crippen LogP contribution in [-0.4, -0.2) is 24.1 Å². The Balaban J connectivity index is 2.63. The van der Waals surface area contributed by atoms with E-state index in [2.05, 4.69) is 5.32 Å². The summed E-state index contributed by atoms with van der Waals surface area (Å²) in [5.41, 5.74) is 1.17. The largest absolute Gasteiger partial charge is 0.497 e. The maximum absolute atomic E-state index is 11.7. The normalized spacial score (nSPS) is 11.5. The fourth-order valence-corrected chi connectivity index (χ4v) is 1.39. The van der Waals surface area contributed by atoms with Crippen LogP contribution in [-0.2, 0) is 16.1 Å². The van der Waals surface area contributed by atoms with Crippen LogP contribution in [0.2, 0.25) is 0 Å². The van der Waals surface area contributed by atoms with Crippen LogP contribution in [0.3, 0.4) is 0 Å². The first kappa shape index (κ1) is 14.8. The molecule has 0 saturated carbocycles. The highest BCUT2D eigenvalue weighted by Crippen LogP contribution is 2.11. The van der Waals surface area contributed by atoms with Gasteiger partial charge in [0.05, 0.1) is 7.11 Å². The molecule has 102 valence electrons. The summed E-state index contributed by atoms with van der Waals surface area (Å²) in [5, 5.41) is 11.5. The minimum Gasteiger partial charge on any atom is -0.497 e. The van der Waals surface area contributed by atoms with E-state index in [0.717, 1.165) is 11.3 Å². The van der Waals surface area contributed by atoms with Crippen molar-refractivity contribution in [1.29, 1.82) is 0 Å². The minimum absolute atomic E-state index is 0.0484. The number of carboxylic acids is 1. The standard InChI is InChI=1S/C14H17NO4/c1-9(10(2)14(17)18)13(16)15-8-11-4-6-12(19-3)7-5-11/h4-7H,8H2,1-3H3,(H,15,16)(H,17,18). The number of methoxy groups -OCH3 is 1. The zero-order valence-electron chi connectivity index (χ0n) is 11.2. The molecule has 0 saturated heterocycles. The molecule has 2 N–H and O–H groups in total. The second-order valence-electron chi connectivity index (χ2n) is 4.09. The summed E-state index contributed by atoms with van der Waals surface area (Å²) in [4.78, 5) is 22.5. The van der Waals surface area contributed by atoms with Crippen LogP contribution in [0.1, 0.15) is 19.4 Å². The van der Waals surface area contributed by atoms with Gasteiger partial charge in [0.1, 0.15) is 5.75 Å². The highest BCUT2D eigenvalue weighted by Gasteiger charge is 2.12. The third-order valence-corrected chi connectivity index (χ3v) is 2.84. The molecule has 0 aliphatic carbocycles. The Kier molecular flexibility index (Phi) is 5.11. The Bertz CT molecular complexity index is 503. The topological polar surface area (TPSA) is 75.6 Å². The van der Waals surface area contributed by atoms with Crippen molar-refractivity contribution in [3.63, 3.8) is 0 Å². The summed E-state index contributed by atoms with van der Waals surface area (Å²) in [6.45, 7) is 3.24.